The van der Waals surface area contributed by atoms with E-state index >= 15 is 0 Å². The van der Waals surface area contributed by atoms with Crippen LogP contribution in [0.1, 0.15) is 15.4 Å². The topological polar surface area (TPSA) is 54.9 Å². The summed E-state index contributed by atoms with van der Waals surface area (Å²) in [6.45, 7) is 1.80. The van der Waals surface area contributed by atoms with Crippen LogP contribution < -0.4 is 5.32 Å². The van der Waals surface area contributed by atoms with Crippen molar-refractivity contribution < 1.29 is 13.6 Å². The van der Waals surface area contributed by atoms with Crippen LogP contribution in [0.3, 0.4) is 0 Å². The summed E-state index contributed by atoms with van der Waals surface area (Å²) < 4.78 is 26.6. The summed E-state index contributed by atoms with van der Waals surface area (Å²) in [6.07, 6.45) is 0. The molecule has 0 atom stereocenters. The lowest BCUT2D eigenvalue weighted by atomic mass is 10.1. The van der Waals surface area contributed by atoms with Crippen molar-refractivity contribution in [3.63, 3.8) is 0 Å². The first-order chi connectivity index (χ1) is 13.0. The van der Waals surface area contributed by atoms with E-state index in [2.05, 4.69) is 15.3 Å². The number of carbonyl (C=O) groups is 1. The van der Waals surface area contributed by atoms with Crippen molar-refractivity contribution in [1.82, 2.24) is 9.97 Å². The highest BCUT2D eigenvalue weighted by molar-refractivity contribution is 7.16. The SMILES string of the molecule is Cc1sc(NC(=O)c2ccc3ccccc3n2)nc1-c1ccc(F)c(F)c1. The number of halogens is 2. The van der Waals surface area contributed by atoms with E-state index in [1.54, 1.807) is 13.0 Å². The molecule has 4 rings (SSSR count). The highest BCUT2D eigenvalue weighted by Gasteiger charge is 2.15. The Kier molecular flexibility index (Phi) is 4.37. The van der Waals surface area contributed by atoms with Gasteiger partial charge in [-0.15, -0.1) is 11.3 Å². The fourth-order valence-electron chi connectivity index (χ4n) is 2.71. The molecule has 1 N–H and O–H groups in total. The lowest BCUT2D eigenvalue weighted by molar-refractivity contribution is 0.102. The summed E-state index contributed by atoms with van der Waals surface area (Å²) in [7, 11) is 0. The van der Waals surface area contributed by atoms with Gasteiger partial charge in [-0.05, 0) is 37.3 Å². The van der Waals surface area contributed by atoms with Crippen LogP contribution in [0.15, 0.2) is 54.6 Å². The van der Waals surface area contributed by atoms with Crippen LogP contribution in [-0.4, -0.2) is 15.9 Å². The molecule has 0 saturated carbocycles. The molecular formula is C20H13F2N3OS. The molecule has 27 heavy (non-hydrogen) atoms. The predicted molar refractivity (Wildman–Crippen MR) is 102 cm³/mol. The zero-order valence-electron chi connectivity index (χ0n) is 14.2. The van der Waals surface area contributed by atoms with Crippen molar-refractivity contribution in [2.45, 2.75) is 6.92 Å². The second-order valence-electron chi connectivity index (χ2n) is 5.90. The number of fused-ring (bicyclic) bond motifs is 1. The molecule has 4 nitrogen and oxygen atoms in total. The molecule has 0 saturated heterocycles. The van der Waals surface area contributed by atoms with Gasteiger partial charge in [0.1, 0.15) is 5.69 Å². The van der Waals surface area contributed by atoms with Crippen LogP contribution >= 0.6 is 11.3 Å². The van der Waals surface area contributed by atoms with Gasteiger partial charge in [-0.1, -0.05) is 24.3 Å². The second kappa shape index (κ2) is 6.85. The monoisotopic (exact) mass is 381 g/mol. The van der Waals surface area contributed by atoms with Gasteiger partial charge in [-0.3, -0.25) is 10.1 Å². The van der Waals surface area contributed by atoms with Crippen LogP contribution in [0, 0.1) is 18.6 Å². The van der Waals surface area contributed by atoms with Gasteiger partial charge in [0, 0.05) is 15.8 Å². The Morgan fingerprint density at radius 1 is 1.00 bits per heavy atom. The quantitative estimate of drug-likeness (QED) is 0.531. The third-order valence-electron chi connectivity index (χ3n) is 4.04. The van der Waals surface area contributed by atoms with Crippen molar-refractivity contribution in [2.75, 3.05) is 5.32 Å². The number of nitrogens with one attached hydrogen (secondary N) is 1. The van der Waals surface area contributed by atoms with E-state index in [-0.39, 0.29) is 11.6 Å². The van der Waals surface area contributed by atoms with Crippen molar-refractivity contribution in [3.05, 3.63) is 76.8 Å². The van der Waals surface area contributed by atoms with Gasteiger partial charge >= 0.3 is 0 Å². The minimum Gasteiger partial charge on any atom is -0.296 e. The number of nitrogens with zero attached hydrogens (tertiary/aromatic N) is 2. The number of pyridine rings is 1. The van der Waals surface area contributed by atoms with Crippen molar-refractivity contribution in [1.29, 1.82) is 0 Å². The Bertz CT molecular complexity index is 1170. The summed E-state index contributed by atoms with van der Waals surface area (Å²) in [5.74, 6) is -2.24. The average molecular weight is 381 g/mol. The van der Waals surface area contributed by atoms with Crippen LogP contribution in [-0.2, 0) is 0 Å². The summed E-state index contributed by atoms with van der Waals surface area (Å²) in [6, 6.07) is 14.6. The maximum absolute atomic E-state index is 13.5. The number of aryl methyl sites for hydroxylation is 1. The van der Waals surface area contributed by atoms with E-state index in [9.17, 15) is 13.6 Å². The van der Waals surface area contributed by atoms with Crippen molar-refractivity contribution in [3.8, 4) is 11.3 Å². The van der Waals surface area contributed by atoms with E-state index in [0.29, 0.717) is 16.4 Å². The highest BCUT2D eigenvalue weighted by atomic mass is 32.1. The number of amides is 1. The largest absolute Gasteiger partial charge is 0.296 e. The molecule has 0 aliphatic rings. The Labute approximate surface area is 157 Å². The Balaban J connectivity index is 1.60. The number of para-hydroxylation sites is 1. The number of hydrogen-bond donors (Lipinski definition) is 1. The van der Waals surface area contributed by atoms with Gasteiger partial charge in [0.05, 0.1) is 11.2 Å². The highest BCUT2D eigenvalue weighted by Crippen LogP contribution is 2.31. The van der Waals surface area contributed by atoms with Crippen LogP contribution in [0.5, 0.6) is 0 Å². The number of carbonyl (C=O) groups excluding carboxylic acids is 1. The molecule has 0 radical (unpaired) electrons. The zero-order chi connectivity index (χ0) is 19.0. The summed E-state index contributed by atoms with van der Waals surface area (Å²) in [4.78, 5) is 22.0. The zero-order valence-corrected chi connectivity index (χ0v) is 15.0. The Morgan fingerprint density at radius 2 is 1.81 bits per heavy atom. The minimum atomic E-state index is -0.939. The van der Waals surface area contributed by atoms with E-state index in [4.69, 9.17) is 0 Å². The number of anilines is 1. The van der Waals surface area contributed by atoms with Crippen molar-refractivity contribution >= 4 is 33.3 Å². The Hall–Kier alpha value is -3.19. The average Bonchev–Trinajstić information content (AvgIpc) is 3.03. The fourth-order valence-corrected chi connectivity index (χ4v) is 3.55. The van der Waals surface area contributed by atoms with Gasteiger partial charge in [0.2, 0.25) is 0 Å². The van der Waals surface area contributed by atoms with E-state index in [1.807, 2.05) is 30.3 Å². The van der Waals surface area contributed by atoms with E-state index in [0.717, 1.165) is 27.9 Å². The van der Waals surface area contributed by atoms with Gasteiger partial charge in [-0.25, -0.2) is 18.7 Å². The molecule has 0 fully saturated rings. The number of benzene rings is 2. The lowest BCUT2D eigenvalue weighted by Gasteiger charge is -2.03. The maximum atomic E-state index is 13.5. The molecule has 0 aliphatic carbocycles. The minimum absolute atomic E-state index is 0.274. The molecule has 0 bridgehead atoms. The van der Waals surface area contributed by atoms with Crippen LogP contribution in [0.4, 0.5) is 13.9 Å². The predicted octanol–water partition coefficient (Wildman–Crippen LogP) is 5.20. The van der Waals surface area contributed by atoms with Gasteiger partial charge in [-0.2, -0.15) is 0 Å². The molecular weight excluding hydrogens is 368 g/mol. The van der Waals surface area contributed by atoms with E-state index in [1.165, 1.54) is 17.4 Å². The van der Waals surface area contributed by atoms with E-state index < -0.39 is 11.6 Å². The number of thiazole rings is 1. The second-order valence-corrected chi connectivity index (χ2v) is 7.10. The molecule has 0 unspecified atom stereocenters. The van der Waals surface area contributed by atoms with Gasteiger partial charge in [0.25, 0.3) is 5.91 Å². The number of hydrogen-bond acceptors (Lipinski definition) is 4. The maximum Gasteiger partial charge on any atom is 0.276 e. The van der Waals surface area contributed by atoms with Gasteiger partial charge < -0.3 is 0 Å². The molecule has 2 aromatic carbocycles. The van der Waals surface area contributed by atoms with Crippen molar-refractivity contribution in [2.24, 2.45) is 0 Å². The summed E-state index contributed by atoms with van der Waals surface area (Å²) >= 11 is 1.26. The first kappa shape index (κ1) is 17.2. The fraction of sp³-hybridized carbons (Fsp3) is 0.0500. The molecule has 1 amide bonds. The normalized spacial score (nSPS) is 10.9. The summed E-state index contributed by atoms with van der Waals surface area (Å²) in [5, 5.41) is 4.03. The summed E-state index contributed by atoms with van der Waals surface area (Å²) in [5.41, 5.74) is 1.95. The standard InChI is InChI=1S/C20H13F2N3OS/c1-11-18(13-6-8-14(21)15(22)10-13)24-20(27-11)25-19(26)17-9-7-12-4-2-3-5-16(12)23-17/h2-10H,1H3,(H,24,25,26). The Morgan fingerprint density at radius 3 is 2.63 bits per heavy atom. The third-order valence-corrected chi connectivity index (χ3v) is 4.93. The molecule has 0 spiro atoms. The molecule has 2 heterocycles. The number of aromatic nitrogens is 2. The molecule has 4 aromatic rings. The third kappa shape index (κ3) is 3.41. The first-order valence-corrected chi connectivity index (χ1v) is 8.93. The number of rotatable bonds is 3. The van der Waals surface area contributed by atoms with Crippen LogP contribution in [0.25, 0.3) is 22.2 Å². The molecule has 7 heteroatoms. The molecule has 134 valence electrons. The molecule has 2 aromatic heterocycles. The smallest absolute Gasteiger partial charge is 0.276 e. The first-order valence-electron chi connectivity index (χ1n) is 8.11. The molecule has 0 aliphatic heterocycles. The van der Waals surface area contributed by atoms with Gasteiger partial charge in [0.15, 0.2) is 16.8 Å². The van der Waals surface area contributed by atoms with Crippen LogP contribution in [0.2, 0.25) is 0 Å². The lowest BCUT2D eigenvalue weighted by Crippen LogP contribution is -2.13.